The smallest absolute Gasteiger partial charge is 0.272 e. The lowest BCUT2D eigenvalue weighted by Gasteiger charge is -2.02. The molecule has 22 heavy (non-hydrogen) atoms. The number of hydrazone groups is 1. The number of nitrogens with one attached hydrogen (secondary N) is 1. The van der Waals surface area contributed by atoms with Crippen molar-refractivity contribution in [1.82, 2.24) is 0 Å². The van der Waals surface area contributed by atoms with Crippen molar-refractivity contribution in [2.75, 3.05) is 5.43 Å². The van der Waals surface area contributed by atoms with E-state index in [2.05, 4.69) is 23.5 Å². The normalized spacial score (nSPS) is 11.6. The number of unbranched alkanes of at least 4 members (excludes halogenated alkanes) is 1. The van der Waals surface area contributed by atoms with Crippen LogP contribution in [0.25, 0.3) is 0 Å². The minimum atomic E-state index is -0.682. The maximum absolute atomic E-state index is 11.0. The van der Waals surface area contributed by atoms with E-state index in [0.29, 0.717) is 0 Å². The summed E-state index contributed by atoms with van der Waals surface area (Å²) in [7, 11) is 0. The quantitative estimate of drug-likeness (QED) is 0.442. The van der Waals surface area contributed by atoms with Crippen molar-refractivity contribution >= 4 is 23.3 Å². The second-order valence-corrected chi connectivity index (χ2v) is 4.51. The van der Waals surface area contributed by atoms with E-state index in [0.717, 1.165) is 30.9 Å². The number of nitrogens with zero attached hydrogens (tertiary/aromatic N) is 3. The summed E-state index contributed by atoms with van der Waals surface area (Å²) in [5, 5.41) is 25.6. The molecule has 1 N–H and O–H groups in total. The molecule has 0 atom stereocenters. The maximum Gasteiger partial charge on any atom is 0.301 e. The third-order valence-corrected chi connectivity index (χ3v) is 2.91. The molecule has 0 heterocycles. The Kier molecular flexibility index (Phi) is 6.68. The van der Waals surface area contributed by atoms with E-state index in [-0.39, 0.29) is 17.1 Å². The first-order chi connectivity index (χ1) is 10.5. The Morgan fingerprint density at radius 1 is 1.27 bits per heavy atom. The second kappa shape index (κ2) is 8.50. The van der Waals surface area contributed by atoms with Crippen LogP contribution in [0.3, 0.4) is 0 Å². The maximum atomic E-state index is 11.0. The molecule has 0 aromatic heterocycles. The Bertz CT molecular complexity index is 611. The Morgan fingerprint density at radius 2 is 2.00 bits per heavy atom. The van der Waals surface area contributed by atoms with E-state index in [1.54, 1.807) is 6.21 Å². The molecule has 0 aliphatic rings. The van der Waals surface area contributed by atoms with Gasteiger partial charge in [0.25, 0.3) is 5.69 Å². The van der Waals surface area contributed by atoms with Crippen molar-refractivity contribution in [3.63, 3.8) is 0 Å². The van der Waals surface area contributed by atoms with Crippen molar-refractivity contribution < 1.29 is 9.85 Å². The SMILES string of the molecule is CCCC=C(C=NNc1ccc([N+](=O)[O-])cc1[N+](=O)[O-])CC. The van der Waals surface area contributed by atoms with Crippen LogP contribution < -0.4 is 5.43 Å². The largest absolute Gasteiger partial charge is 0.301 e. The van der Waals surface area contributed by atoms with Crippen LogP contribution in [0.5, 0.6) is 0 Å². The summed E-state index contributed by atoms with van der Waals surface area (Å²) in [6.07, 6.45) is 6.41. The van der Waals surface area contributed by atoms with Crippen molar-refractivity contribution in [3.8, 4) is 0 Å². The van der Waals surface area contributed by atoms with Gasteiger partial charge in [-0.05, 0) is 24.5 Å². The standard InChI is InChI=1S/C14H18N4O4/c1-3-5-6-11(4-2)10-15-16-13-8-7-12(17(19)20)9-14(13)18(21)22/h6-10,16H,3-5H2,1-2H3. The van der Waals surface area contributed by atoms with Gasteiger partial charge in [-0.25, -0.2) is 0 Å². The molecule has 0 radical (unpaired) electrons. The molecule has 0 aliphatic heterocycles. The van der Waals surface area contributed by atoms with Gasteiger partial charge in [0.05, 0.1) is 22.1 Å². The lowest BCUT2D eigenvalue weighted by Crippen LogP contribution is -1.99. The fraction of sp³-hybridized carbons (Fsp3) is 0.357. The Morgan fingerprint density at radius 3 is 2.55 bits per heavy atom. The highest BCUT2D eigenvalue weighted by Gasteiger charge is 2.18. The van der Waals surface area contributed by atoms with Crippen LogP contribution in [0.4, 0.5) is 17.1 Å². The van der Waals surface area contributed by atoms with Crippen LogP contribution >= 0.6 is 0 Å². The van der Waals surface area contributed by atoms with E-state index in [1.807, 2.05) is 6.92 Å². The minimum absolute atomic E-state index is 0.109. The third kappa shape index (κ3) is 4.97. The molecule has 1 aromatic rings. The van der Waals surface area contributed by atoms with E-state index in [4.69, 9.17) is 0 Å². The molecule has 0 fully saturated rings. The number of non-ortho nitro benzene ring substituents is 1. The molecule has 0 amide bonds. The van der Waals surface area contributed by atoms with Gasteiger partial charge in [-0.15, -0.1) is 0 Å². The van der Waals surface area contributed by atoms with Crippen molar-refractivity contribution in [3.05, 3.63) is 50.1 Å². The number of rotatable bonds is 8. The zero-order chi connectivity index (χ0) is 16.5. The monoisotopic (exact) mass is 306 g/mol. The number of hydrogen-bond acceptors (Lipinski definition) is 6. The predicted molar refractivity (Wildman–Crippen MR) is 85.1 cm³/mol. The van der Waals surface area contributed by atoms with Crippen LogP contribution in [-0.2, 0) is 0 Å². The van der Waals surface area contributed by atoms with Gasteiger partial charge < -0.3 is 0 Å². The van der Waals surface area contributed by atoms with Crippen LogP contribution in [0.1, 0.15) is 33.1 Å². The van der Waals surface area contributed by atoms with Crippen molar-refractivity contribution in [2.45, 2.75) is 33.1 Å². The molecule has 1 aromatic carbocycles. The first-order valence-corrected chi connectivity index (χ1v) is 6.90. The van der Waals surface area contributed by atoms with Gasteiger partial charge in [-0.1, -0.05) is 26.3 Å². The Hall–Kier alpha value is -2.77. The number of nitro groups is 2. The summed E-state index contributed by atoms with van der Waals surface area (Å²) in [4.78, 5) is 20.3. The zero-order valence-electron chi connectivity index (χ0n) is 12.5. The molecule has 0 saturated carbocycles. The predicted octanol–water partition coefficient (Wildman–Crippen LogP) is 4.04. The molecule has 0 aliphatic carbocycles. The van der Waals surface area contributed by atoms with Gasteiger partial charge in [0.2, 0.25) is 0 Å². The average Bonchev–Trinajstić information content (AvgIpc) is 2.50. The average molecular weight is 306 g/mol. The van der Waals surface area contributed by atoms with Crippen LogP contribution in [0.15, 0.2) is 34.9 Å². The van der Waals surface area contributed by atoms with Gasteiger partial charge in [-0.2, -0.15) is 5.10 Å². The molecule has 8 nitrogen and oxygen atoms in total. The van der Waals surface area contributed by atoms with Gasteiger partial charge in [-0.3, -0.25) is 25.7 Å². The molecule has 0 spiro atoms. The molecular formula is C14H18N4O4. The summed E-state index contributed by atoms with van der Waals surface area (Å²) < 4.78 is 0. The highest BCUT2D eigenvalue weighted by molar-refractivity contribution is 5.79. The molecule has 118 valence electrons. The lowest BCUT2D eigenvalue weighted by atomic mass is 10.2. The molecule has 0 unspecified atom stereocenters. The topological polar surface area (TPSA) is 111 Å². The second-order valence-electron chi connectivity index (χ2n) is 4.51. The number of allylic oxidation sites excluding steroid dienone is 2. The van der Waals surface area contributed by atoms with E-state index < -0.39 is 9.85 Å². The van der Waals surface area contributed by atoms with Crippen LogP contribution in [0.2, 0.25) is 0 Å². The number of nitro benzene ring substituents is 2. The van der Waals surface area contributed by atoms with E-state index >= 15 is 0 Å². The minimum Gasteiger partial charge on any atom is -0.272 e. The third-order valence-electron chi connectivity index (χ3n) is 2.91. The highest BCUT2D eigenvalue weighted by Crippen LogP contribution is 2.28. The summed E-state index contributed by atoms with van der Waals surface area (Å²) in [6.45, 7) is 4.06. The van der Waals surface area contributed by atoms with Crippen molar-refractivity contribution in [1.29, 1.82) is 0 Å². The first kappa shape index (κ1) is 17.3. The fourth-order valence-electron chi connectivity index (χ4n) is 1.68. The summed E-state index contributed by atoms with van der Waals surface area (Å²) in [5.41, 5.74) is 2.97. The van der Waals surface area contributed by atoms with E-state index in [1.165, 1.54) is 12.1 Å². The molecule has 0 saturated heterocycles. The number of anilines is 1. The van der Waals surface area contributed by atoms with Crippen LogP contribution in [0, 0.1) is 20.2 Å². The van der Waals surface area contributed by atoms with Gasteiger partial charge in [0.1, 0.15) is 5.69 Å². The summed E-state index contributed by atoms with van der Waals surface area (Å²) in [5.74, 6) is 0. The molecular weight excluding hydrogens is 288 g/mol. The molecule has 8 heteroatoms. The first-order valence-electron chi connectivity index (χ1n) is 6.90. The Labute approximate surface area is 127 Å². The molecule has 1 rings (SSSR count). The summed E-state index contributed by atoms with van der Waals surface area (Å²) >= 11 is 0. The fourth-order valence-corrected chi connectivity index (χ4v) is 1.68. The van der Waals surface area contributed by atoms with Gasteiger partial charge >= 0.3 is 5.69 Å². The Balaban J connectivity index is 2.93. The van der Waals surface area contributed by atoms with E-state index in [9.17, 15) is 20.2 Å². The number of benzene rings is 1. The summed E-state index contributed by atoms with van der Waals surface area (Å²) in [6, 6.07) is 3.37. The zero-order valence-corrected chi connectivity index (χ0v) is 12.5. The van der Waals surface area contributed by atoms with Crippen molar-refractivity contribution in [2.24, 2.45) is 5.10 Å². The number of hydrogen-bond donors (Lipinski definition) is 1. The molecule has 0 bridgehead atoms. The van der Waals surface area contributed by atoms with Gasteiger partial charge in [0.15, 0.2) is 0 Å². The van der Waals surface area contributed by atoms with Gasteiger partial charge in [0, 0.05) is 6.07 Å². The van der Waals surface area contributed by atoms with Crippen LogP contribution in [-0.4, -0.2) is 16.1 Å². The highest BCUT2D eigenvalue weighted by atomic mass is 16.6. The lowest BCUT2D eigenvalue weighted by molar-refractivity contribution is -0.393.